The van der Waals surface area contributed by atoms with Crippen molar-refractivity contribution < 1.29 is 5.11 Å². The fraction of sp³-hybridized carbons (Fsp3) is 0.364. The Morgan fingerprint density at radius 3 is 2.70 bits per heavy atom. The Morgan fingerprint density at radius 2 is 1.96 bits per heavy atom. The molecule has 4 rings (SSSR count). The molecule has 3 aromatic rings. The summed E-state index contributed by atoms with van der Waals surface area (Å²) in [5.74, 6) is 0.903. The molecule has 140 valence electrons. The summed E-state index contributed by atoms with van der Waals surface area (Å²) in [6.45, 7) is 4.23. The zero-order chi connectivity index (χ0) is 18.6. The van der Waals surface area contributed by atoms with E-state index in [4.69, 9.17) is 0 Å². The van der Waals surface area contributed by atoms with E-state index in [2.05, 4.69) is 52.2 Å². The summed E-state index contributed by atoms with van der Waals surface area (Å²) in [7, 11) is 0. The van der Waals surface area contributed by atoms with E-state index in [9.17, 15) is 5.11 Å². The van der Waals surface area contributed by atoms with Crippen LogP contribution in [0.25, 0.3) is 5.82 Å². The molecule has 1 N–H and O–H groups in total. The van der Waals surface area contributed by atoms with E-state index >= 15 is 0 Å². The molecule has 0 spiro atoms. The minimum absolute atomic E-state index is 0.240. The Balaban J connectivity index is 1.57. The summed E-state index contributed by atoms with van der Waals surface area (Å²) < 4.78 is 1.58. The largest absolute Gasteiger partial charge is 0.493 e. The predicted octanol–water partition coefficient (Wildman–Crippen LogP) is 3.74. The normalized spacial score (nSPS) is 16.4. The quantitative estimate of drug-likeness (QED) is 0.726. The van der Waals surface area contributed by atoms with Crippen LogP contribution in [0, 0.1) is 0 Å². The first-order chi connectivity index (χ1) is 13.3. The minimum atomic E-state index is 0.240. The van der Waals surface area contributed by atoms with Gasteiger partial charge in [0.1, 0.15) is 0 Å². The molecule has 1 unspecified atom stereocenters. The van der Waals surface area contributed by atoms with Crippen LogP contribution < -0.4 is 0 Å². The van der Waals surface area contributed by atoms with Gasteiger partial charge in [-0.2, -0.15) is 9.78 Å². The Kier molecular flexibility index (Phi) is 5.21. The Labute approximate surface area is 160 Å². The molecule has 0 amide bonds. The monoisotopic (exact) mass is 362 g/mol. The van der Waals surface area contributed by atoms with Crippen LogP contribution in [-0.4, -0.2) is 37.4 Å². The van der Waals surface area contributed by atoms with Crippen molar-refractivity contribution in [1.82, 2.24) is 19.7 Å². The van der Waals surface area contributed by atoms with Gasteiger partial charge in [-0.15, -0.1) is 0 Å². The van der Waals surface area contributed by atoms with E-state index in [0.717, 1.165) is 50.0 Å². The number of aromatic hydroxyl groups is 1. The smallest absolute Gasteiger partial charge is 0.219 e. The number of rotatable bonds is 6. The van der Waals surface area contributed by atoms with Crippen LogP contribution in [0.3, 0.4) is 0 Å². The summed E-state index contributed by atoms with van der Waals surface area (Å²) in [6, 6.07) is 16.7. The highest BCUT2D eigenvalue weighted by atomic mass is 16.3. The van der Waals surface area contributed by atoms with Crippen molar-refractivity contribution in [2.45, 2.75) is 45.2 Å². The lowest BCUT2D eigenvalue weighted by atomic mass is 9.91. The molecule has 2 aromatic heterocycles. The summed E-state index contributed by atoms with van der Waals surface area (Å²) in [6.07, 6.45) is 5.64. The number of aromatic nitrogens is 3. The molecular formula is C22H26N4O. The average molecular weight is 362 g/mol. The number of hydrogen-bond donors (Lipinski definition) is 1. The molecule has 2 heterocycles. The van der Waals surface area contributed by atoms with Gasteiger partial charge in [-0.25, -0.2) is 4.98 Å². The van der Waals surface area contributed by atoms with E-state index in [1.807, 2.05) is 18.2 Å². The van der Waals surface area contributed by atoms with Crippen LogP contribution in [0.1, 0.15) is 36.6 Å². The third-order valence-electron chi connectivity index (χ3n) is 5.32. The fourth-order valence-electron chi connectivity index (χ4n) is 3.98. The summed E-state index contributed by atoms with van der Waals surface area (Å²) in [5.41, 5.74) is 3.32. The Bertz CT molecular complexity index is 876. The maximum atomic E-state index is 10.8. The second kappa shape index (κ2) is 7.92. The van der Waals surface area contributed by atoms with Crippen molar-refractivity contribution in [2.24, 2.45) is 0 Å². The topological polar surface area (TPSA) is 54.2 Å². The van der Waals surface area contributed by atoms with Gasteiger partial charge in [0.15, 0.2) is 5.82 Å². The Hall–Kier alpha value is -2.66. The molecule has 0 aliphatic heterocycles. The van der Waals surface area contributed by atoms with Gasteiger partial charge in [0, 0.05) is 24.3 Å². The fourth-order valence-corrected chi connectivity index (χ4v) is 3.98. The van der Waals surface area contributed by atoms with Crippen LogP contribution in [0.5, 0.6) is 5.88 Å². The van der Waals surface area contributed by atoms with E-state index in [0.29, 0.717) is 11.9 Å². The van der Waals surface area contributed by atoms with Gasteiger partial charge in [-0.1, -0.05) is 43.3 Å². The third kappa shape index (κ3) is 3.74. The summed E-state index contributed by atoms with van der Waals surface area (Å²) >= 11 is 0. The van der Waals surface area contributed by atoms with E-state index in [-0.39, 0.29) is 5.88 Å². The lowest BCUT2D eigenvalue weighted by molar-refractivity contribution is 0.170. The highest BCUT2D eigenvalue weighted by Gasteiger charge is 2.30. The van der Waals surface area contributed by atoms with Gasteiger partial charge < -0.3 is 5.11 Å². The second-order valence-corrected chi connectivity index (χ2v) is 7.20. The van der Waals surface area contributed by atoms with Crippen molar-refractivity contribution in [3.8, 4) is 11.7 Å². The number of pyridine rings is 1. The molecule has 1 aliphatic rings. The number of nitrogens with zero attached hydrogens (tertiary/aromatic N) is 4. The Morgan fingerprint density at radius 1 is 1.15 bits per heavy atom. The second-order valence-electron chi connectivity index (χ2n) is 7.20. The molecule has 0 bridgehead atoms. The van der Waals surface area contributed by atoms with Crippen LogP contribution >= 0.6 is 0 Å². The van der Waals surface area contributed by atoms with E-state index in [1.54, 1.807) is 10.9 Å². The summed E-state index contributed by atoms with van der Waals surface area (Å²) in [4.78, 5) is 6.87. The number of hydrogen-bond acceptors (Lipinski definition) is 4. The van der Waals surface area contributed by atoms with Crippen LogP contribution in [0.2, 0.25) is 0 Å². The molecule has 5 heteroatoms. The van der Waals surface area contributed by atoms with Crippen LogP contribution in [0.15, 0.2) is 54.7 Å². The number of aryl methyl sites for hydroxylation is 1. The highest BCUT2D eigenvalue weighted by molar-refractivity contribution is 5.39. The maximum Gasteiger partial charge on any atom is 0.219 e. The first-order valence-electron chi connectivity index (χ1n) is 9.75. The number of benzene rings is 1. The van der Waals surface area contributed by atoms with Gasteiger partial charge in [0.05, 0.1) is 5.69 Å². The average Bonchev–Trinajstić information content (AvgIpc) is 3.05. The molecule has 1 aliphatic carbocycles. The molecule has 1 aromatic carbocycles. The molecular weight excluding hydrogens is 336 g/mol. The van der Waals surface area contributed by atoms with Gasteiger partial charge >= 0.3 is 0 Å². The number of fused-ring (bicyclic) bond motifs is 1. The van der Waals surface area contributed by atoms with Gasteiger partial charge in [0.25, 0.3) is 0 Å². The zero-order valence-corrected chi connectivity index (χ0v) is 15.8. The minimum Gasteiger partial charge on any atom is -0.493 e. The van der Waals surface area contributed by atoms with Gasteiger partial charge in [0.2, 0.25) is 5.88 Å². The van der Waals surface area contributed by atoms with Crippen LogP contribution in [-0.2, 0) is 19.4 Å². The molecule has 0 fully saturated rings. The molecule has 0 saturated carbocycles. The third-order valence-corrected chi connectivity index (χ3v) is 5.32. The zero-order valence-electron chi connectivity index (χ0n) is 15.8. The van der Waals surface area contributed by atoms with Crippen molar-refractivity contribution in [2.75, 3.05) is 6.54 Å². The maximum absolute atomic E-state index is 10.8. The van der Waals surface area contributed by atoms with E-state index < -0.39 is 0 Å². The molecule has 0 radical (unpaired) electrons. The molecule has 5 nitrogen and oxygen atoms in total. The molecule has 0 saturated heterocycles. The van der Waals surface area contributed by atoms with Crippen molar-refractivity contribution in [3.05, 3.63) is 71.5 Å². The predicted molar refractivity (Wildman–Crippen MR) is 106 cm³/mol. The standard InChI is InChI=1S/C22H26N4O/c1-2-14-25(16-17-8-4-3-5-9-17)18-11-12-20-19(15-18)22(27)26(24-20)21-10-6-7-13-23-21/h3-10,13,18,27H,2,11-12,14-16H2,1H3. The first kappa shape index (κ1) is 17.7. The highest BCUT2D eigenvalue weighted by Crippen LogP contribution is 2.32. The lowest BCUT2D eigenvalue weighted by Gasteiger charge is -2.34. The molecule has 1 atom stereocenters. The van der Waals surface area contributed by atoms with Crippen molar-refractivity contribution in [1.29, 1.82) is 0 Å². The SMILES string of the molecule is CCCN(Cc1ccccc1)C1CCc2nn(-c3ccccn3)c(O)c2C1. The lowest BCUT2D eigenvalue weighted by Crippen LogP contribution is -2.39. The van der Waals surface area contributed by atoms with Crippen LogP contribution in [0.4, 0.5) is 0 Å². The molecule has 27 heavy (non-hydrogen) atoms. The van der Waals surface area contributed by atoms with Gasteiger partial charge in [-0.05, 0) is 49.9 Å². The van der Waals surface area contributed by atoms with Gasteiger partial charge in [-0.3, -0.25) is 4.90 Å². The van der Waals surface area contributed by atoms with E-state index in [1.165, 1.54) is 5.56 Å². The van der Waals surface area contributed by atoms with Crippen molar-refractivity contribution in [3.63, 3.8) is 0 Å². The first-order valence-corrected chi connectivity index (χ1v) is 9.75. The van der Waals surface area contributed by atoms with Crippen molar-refractivity contribution >= 4 is 0 Å². The summed E-state index contributed by atoms with van der Waals surface area (Å²) in [5, 5.41) is 15.4.